The average molecular weight is 220 g/mol. The summed E-state index contributed by atoms with van der Waals surface area (Å²) in [5, 5.41) is 0. The first-order chi connectivity index (χ1) is 7.86. The zero-order chi connectivity index (χ0) is 11.6. The van der Waals surface area contributed by atoms with E-state index < -0.39 is 0 Å². The predicted molar refractivity (Wildman–Crippen MR) is 66.7 cm³/mol. The van der Waals surface area contributed by atoms with E-state index in [1.165, 1.54) is 24.8 Å². The predicted octanol–water partition coefficient (Wildman–Crippen LogP) is 3.38. The first-order valence-corrected chi connectivity index (χ1v) is 5.65. The van der Waals surface area contributed by atoms with Gasteiger partial charge in [-0.05, 0) is 30.5 Å². The molecule has 0 aromatic carbocycles. The smallest absolute Gasteiger partial charge is 0.136 e. The van der Waals surface area contributed by atoms with E-state index in [2.05, 4.69) is 29.2 Å². The van der Waals surface area contributed by atoms with Crippen molar-refractivity contribution in [3.8, 4) is 5.75 Å². The Bertz CT molecular complexity index is 338. The minimum atomic E-state index is 0.875. The molecule has 3 nitrogen and oxygen atoms in total. The summed E-state index contributed by atoms with van der Waals surface area (Å²) in [7, 11) is 1.64. The molecule has 0 bridgehead atoms. The van der Waals surface area contributed by atoms with Crippen LogP contribution in [0.1, 0.15) is 25.3 Å². The van der Waals surface area contributed by atoms with Gasteiger partial charge in [0.25, 0.3) is 0 Å². The van der Waals surface area contributed by atoms with Crippen molar-refractivity contribution in [1.82, 2.24) is 9.97 Å². The molecule has 0 fully saturated rings. The molecule has 16 heavy (non-hydrogen) atoms. The molecule has 2 N–H and O–H groups in total. The molecule has 2 aromatic heterocycles. The van der Waals surface area contributed by atoms with Crippen molar-refractivity contribution < 1.29 is 4.74 Å². The first kappa shape index (κ1) is 12.4. The highest BCUT2D eigenvalue weighted by molar-refractivity contribution is 5.14. The third-order valence-corrected chi connectivity index (χ3v) is 2.29. The monoisotopic (exact) mass is 220 g/mol. The fourth-order valence-electron chi connectivity index (χ4n) is 1.33. The highest BCUT2D eigenvalue weighted by atomic mass is 16.5. The van der Waals surface area contributed by atoms with Crippen LogP contribution in [0, 0.1) is 0 Å². The molecule has 0 amide bonds. The lowest BCUT2D eigenvalue weighted by Gasteiger charge is -1.90. The molecule has 0 unspecified atom stereocenters. The minimum Gasteiger partial charge on any atom is -0.495 e. The number of hydrogen-bond donors (Lipinski definition) is 2. The van der Waals surface area contributed by atoms with Crippen LogP contribution in [0.3, 0.4) is 0 Å². The van der Waals surface area contributed by atoms with Crippen LogP contribution in [0.15, 0.2) is 36.9 Å². The quantitative estimate of drug-likeness (QED) is 0.814. The Labute approximate surface area is 96.9 Å². The van der Waals surface area contributed by atoms with E-state index in [1.807, 2.05) is 18.5 Å². The molecule has 0 saturated carbocycles. The van der Waals surface area contributed by atoms with Crippen molar-refractivity contribution in [2.24, 2.45) is 0 Å². The maximum Gasteiger partial charge on any atom is 0.136 e. The molecular weight excluding hydrogens is 200 g/mol. The fraction of sp³-hybridized carbons (Fsp3) is 0.385. The number of aromatic amines is 2. The summed E-state index contributed by atoms with van der Waals surface area (Å²) in [6.45, 7) is 2.21. The van der Waals surface area contributed by atoms with Gasteiger partial charge in [0.2, 0.25) is 0 Å². The van der Waals surface area contributed by atoms with Gasteiger partial charge >= 0.3 is 0 Å². The number of aryl methyl sites for hydroxylation is 1. The third kappa shape index (κ3) is 4.73. The van der Waals surface area contributed by atoms with Crippen LogP contribution in [0.5, 0.6) is 5.75 Å². The van der Waals surface area contributed by atoms with Crippen molar-refractivity contribution in [1.29, 1.82) is 0 Å². The van der Waals surface area contributed by atoms with Gasteiger partial charge in [0.05, 0.1) is 7.11 Å². The fourth-order valence-corrected chi connectivity index (χ4v) is 1.33. The Balaban J connectivity index is 0.000000165. The van der Waals surface area contributed by atoms with Gasteiger partial charge in [-0.15, -0.1) is 0 Å². The van der Waals surface area contributed by atoms with Gasteiger partial charge < -0.3 is 14.7 Å². The normalized spacial score (nSPS) is 9.38. The molecule has 88 valence electrons. The molecule has 0 spiro atoms. The molecule has 0 aliphatic heterocycles. The van der Waals surface area contributed by atoms with Crippen LogP contribution in [-0.2, 0) is 6.42 Å². The molecule has 2 aromatic rings. The number of aromatic nitrogens is 2. The summed E-state index contributed by atoms with van der Waals surface area (Å²) in [5.74, 6) is 0.875. The van der Waals surface area contributed by atoms with Gasteiger partial charge in [0.15, 0.2) is 0 Å². The Morgan fingerprint density at radius 1 is 1.12 bits per heavy atom. The van der Waals surface area contributed by atoms with Gasteiger partial charge in [0.1, 0.15) is 5.75 Å². The summed E-state index contributed by atoms with van der Waals surface area (Å²) in [5.41, 5.74) is 1.43. The maximum atomic E-state index is 4.82. The maximum absolute atomic E-state index is 4.82. The summed E-state index contributed by atoms with van der Waals surface area (Å²) in [6.07, 6.45) is 11.5. The van der Waals surface area contributed by atoms with Gasteiger partial charge in [-0.3, -0.25) is 0 Å². The number of nitrogens with one attached hydrogen (secondary N) is 2. The summed E-state index contributed by atoms with van der Waals surface area (Å²) < 4.78 is 4.82. The van der Waals surface area contributed by atoms with Crippen LogP contribution < -0.4 is 4.74 Å². The average Bonchev–Trinajstić information content (AvgIpc) is 3.00. The Morgan fingerprint density at radius 3 is 2.31 bits per heavy atom. The number of methoxy groups -OCH3 is 1. The third-order valence-electron chi connectivity index (χ3n) is 2.29. The molecule has 0 saturated heterocycles. The number of hydrogen-bond acceptors (Lipinski definition) is 1. The van der Waals surface area contributed by atoms with Crippen molar-refractivity contribution >= 4 is 0 Å². The van der Waals surface area contributed by atoms with Crippen LogP contribution >= 0.6 is 0 Å². The molecule has 2 rings (SSSR count). The topological polar surface area (TPSA) is 40.8 Å². The van der Waals surface area contributed by atoms with E-state index in [0.29, 0.717) is 0 Å². The van der Waals surface area contributed by atoms with E-state index in [4.69, 9.17) is 4.74 Å². The second kappa shape index (κ2) is 7.63. The van der Waals surface area contributed by atoms with Crippen molar-refractivity contribution in [3.63, 3.8) is 0 Å². The Hall–Kier alpha value is -1.64. The van der Waals surface area contributed by atoms with Gasteiger partial charge in [-0.1, -0.05) is 13.3 Å². The molecule has 0 atom stereocenters. The number of H-pyrrole nitrogens is 2. The summed E-state index contributed by atoms with van der Waals surface area (Å²) in [6, 6.07) is 4.00. The van der Waals surface area contributed by atoms with Gasteiger partial charge in [-0.2, -0.15) is 0 Å². The summed E-state index contributed by atoms with van der Waals surface area (Å²) >= 11 is 0. The van der Waals surface area contributed by atoms with E-state index >= 15 is 0 Å². The number of unbranched alkanes of at least 4 members (excludes halogenated alkanes) is 1. The molecule has 0 aliphatic rings. The largest absolute Gasteiger partial charge is 0.495 e. The highest BCUT2D eigenvalue weighted by Crippen LogP contribution is 2.04. The molecule has 2 heterocycles. The Kier molecular flexibility index (Phi) is 5.92. The number of rotatable bonds is 4. The standard InChI is InChI=1S/C8H13N.C5H7NO/c1-2-3-4-8-5-6-9-7-8;1-7-5-2-3-6-4-5/h5-7,9H,2-4H2,1H3;2-4,6H,1H3. The lowest BCUT2D eigenvalue weighted by atomic mass is 10.2. The first-order valence-electron chi connectivity index (χ1n) is 5.65. The highest BCUT2D eigenvalue weighted by Gasteiger charge is 1.88. The van der Waals surface area contributed by atoms with Crippen LogP contribution in [0.4, 0.5) is 0 Å². The van der Waals surface area contributed by atoms with Crippen LogP contribution in [0.25, 0.3) is 0 Å². The summed E-state index contributed by atoms with van der Waals surface area (Å²) in [4.78, 5) is 5.89. The second-order valence-corrected chi connectivity index (χ2v) is 3.57. The van der Waals surface area contributed by atoms with Crippen LogP contribution in [0.2, 0.25) is 0 Å². The van der Waals surface area contributed by atoms with E-state index in [1.54, 1.807) is 13.3 Å². The molecule has 0 aliphatic carbocycles. The number of ether oxygens (including phenoxy) is 1. The van der Waals surface area contributed by atoms with Gasteiger partial charge in [0, 0.05) is 24.8 Å². The van der Waals surface area contributed by atoms with Crippen LogP contribution in [-0.4, -0.2) is 17.1 Å². The van der Waals surface area contributed by atoms with Crippen molar-refractivity contribution in [2.75, 3.05) is 7.11 Å². The molecular formula is C13H20N2O. The van der Waals surface area contributed by atoms with Crippen molar-refractivity contribution in [3.05, 3.63) is 42.5 Å². The van der Waals surface area contributed by atoms with Crippen molar-refractivity contribution in [2.45, 2.75) is 26.2 Å². The lowest BCUT2D eigenvalue weighted by Crippen LogP contribution is -1.78. The minimum absolute atomic E-state index is 0.875. The van der Waals surface area contributed by atoms with E-state index in [0.717, 1.165) is 5.75 Å². The van der Waals surface area contributed by atoms with Gasteiger partial charge in [-0.25, -0.2) is 0 Å². The SMILES string of the molecule is CCCCc1cc[nH]c1.COc1cc[nH]c1. The Morgan fingerprint density at radius 2 is 1.88 bits per heavy atom. The second-order valence-electron chi connectivity index (χ2n) is 3.57. The van der Waals surface area contributed by atoms with E-state index in [9.17, 15) is 0 Å². The molecule has 3 heteroatoms. The zero-order valence-corrected chi connectivity index (χ0v) is 9.99. The lowest BCUT2D eigenvalue weighted by molar-refractivity contribution is 0.415. The zero-order valence-electron chi connectivity index (χ0n) is 9.99. The van der Waals surface area contributed by atoms with E-state index in [-0.39, 0.29) is 0 Å². The molecule has 0 radical (unpaired) electrons.